The molecule has 0 saturated heterocycles. The number of ketones is 2. The van der Waals surface area contributed by atoms with Crippen LogP contribution >= 0.6 is 0 Å². The van der Waals surface area contributed by atoms with Gasteiger partial charge in [-0.05, 0) is 12.1 Å². The van der Waals surface area contributed by atoms with Gasteiger partial charge < -0.3 is 29.3 Å². The predicted molar refractivity (Wildman–Crippen MR) is 95.0 cm³/mol. The lowest BCUT2D eigenvalue weighted by Crippen LogP contribution is -3.00. The number of hydrogen-bond donors (Lipinski definition) is 1. The van der Waals surface area contributed by atoms with Gasteiger partial charge in [-0.15, -0.1) is 0 Å². The van der Waals surface area contributed by atoms with Crippen molar-refractivity contribution < 1.29 is 42.5 Å². The third-order valence-corrected chi connectivity index (χ3v) is 4.20. The summed E-state index contributed by atoms with van der Waals surface area (Å²) in [5.41, 5.74) is 0.990. The standard InChI is InChI=1S/C21H13FN2O2.HI/c22-16-10-4-5-11-17(16)23-18-19(24-12-6-1-7-13-24)21(26)15-9-3-2-8-14(15)20(18)25;/h1-13H;1H. The van der Waals surface area contributed by atoms with E-state index in [1.54, 1.807) is 65.5 Å². The van der Waals surface area contributed by atoms with Crippen molar-refractivity contribution in [1.29, 1.82) is 0 Å². The Kier molecular flexibility index (Phi) is 5.46. The van der Waals surface area contributed by atoms with Crippen molar-refractivity contribution in [3.05, 3.63) is 102 Å². The number of nitrogens with one attached hydrogen (secondary N) is 1. The number of Topliss-reactive ketones (excluding diaryl/α,β-unsaturated/α-hetero) is 2. The maximum atomic E-state index is 14.1. The van der Waals surface area contributed by atoms with Gasteiger partial charge in [0.25, 0.3) is 11.5 Å². The number of anilines is 1. The Labute approximate surface area is 172 Å². The van der Waals surface area contributed by atoms with Crippen molar-refractivity contribution in [2.75, 3.05) is 5.32 Å². The minimum Gasteiger partial charge on any atom is -1.00 e. The monoisotopic (exact) mass is 472 g/mol. The smallest absolute Gasteiger partial charge is 0.286 e. The Morgan fingerprint density at radius 2 is 1.33 bits per heavy atom. The molecule has 1 N–H and O–H groups in total. The molecule has 27 heavy (non-hydrogen) atoms. The van der Waals surface area contributed by atoms with E-state index in [-0.39, 0.29) is 52.6 Å². The van der Waals surface area contributed by atoms with Gasteiger partial charge in [0.1, 0.15) is 5.82 Å². The summed E-state index contributed by atoms with van der Waals surface area (Å²) in [6.07, 6.45) is 3.36. The van der Waals surface area contributed by atoms with E-state index >= 15 is 0 Å². The van der Waals surface area contributed by atoms with Crippen LogP contribution in [0, 0.1) is 5.82 Å². The molecule has 2 aromatic carbocycles. The second kappa shape index (κ2) is 7.79. The number of allylic oxidation sites excluding steroid dienone is 2. The Bertz CT molecular complexity index is 1060. The lowest BCUT2D eigenvalue weighted by atomic mass is 9.90. The highest BCUT2D eigenvalue weighted by Crippen LogP contribution is 2.28. The van der Waals surface area contributed by atoms with Crippen molar-refractivity contribution in [2.45, 2.75) is 0 Å². The second-order valence-electron chi connectivity index (χ2n) is 5.82. The summed E-state index contributed by atoms with van der Waals surface area (Å²) in [4.78, 5) is 26.1. The third kappa shape index (κ3) is 3.40. The first-order valence-electron chi connectivity index (χ1n) is 8.08. The molecule has 0 bridgehead atoms. The van der Waals surface area contributed by atoms with Gasteiger partial charge in [-0.25, -0.2) is 4.39 Å². The lowest BCUT2D eigenvalue weighted by Gasteiger charge is -2.18. The topological polar surface area (TPSA) is 50.1 Å². The molecule has 1 aliphatic carbocycles. The highest BCUT2D eigenvalue weighted by atomic mass is 127. The third-order valence-electron chi connectivity index (χ3n) is 4.20. The van der Waals surface area contributed by atoms with Crippen LogP contribution in [0.2, 0.25) is 0 Å². The van der Waals surface area contributed by atoms with E-state index in [1.165, 1.54) is 12.1 Å². The van der Waals surface area contributed by atoms with Crippen molar-refractivity contribution in [1.82, 2.24) is 0 Å². The highest BCUT2D eigenvalue weighted by Gasteiger charge is 2.38. The Hall–Kier alpha value is -2.87. The van der Waals surface area contributed by atoms with Crippen molar-refractivity contribution in [3.63, 3.8) is 0 Å². The summed E-state index contributed by atoms with van der Waals surface area (Å²) in [5.74, 6) is -1.15. The van der Waals surface area contributed by atoms with Crippen LogP contribution in [-0.4, -0.2) is 11.6 Å². The van der Waals surface area contributed by atoms with Gasteiger partial charge in [-0.2, -0.15) is 4.57 Å². The van der Waals surface area contributed by atoms with Crippen molar-refractivity contribution >= 4 is 23.0 Å². The van der Waals surface area contributed by atoms with E-state index in [4.69, 9.17) is 0 Å². The minimum atomic E-state index is -0.503. The van der Waals surface area contributed by atoms with Crippen molar-refractivity contribution in [2.24, 2.45) is 0 Å². The number of benzene rings is 2. The number of carbonyl (C=O) groups excluding carboxylic acids is 2. The second-order valence-corrected chi connectivity index (χ2v) is 5.82. The van der Waals surface area contributed by atoms with E-state index in [0.29, 0.717) is 11.1 Å². The zero-order valence-corrected chi connectivity index (χ0v) is 16.2. The predicted octanol–water partition coefficient (Wildman–Crippen LogP) is 0.477. The average molecular weight is 472 g/mol. The molecule has 4 nitrogen and oxygen atoms in total. The van der Waals surface area contributed by atoms with Gasteiger partial charge in [0.15, 0.2) is 18.1 Å². The van der Waals surface area contributed by atoms with Crippen LogP contribution in [0.3, 0.4) is 0 Å². The first kappa shape index (κ1) is 18.9. The number of halogens is 2. The molecule has 0 radical (unpaired) electrons. The number of rotatable bonds is 3. The molecule has 0 unspecified atom stereocenters. The average Bonchev–Trinajstić information content (AvgIpc) is 2.68. The molecular formula is C21H14FIN2O2. The number of para-hydroxylation sites is 1. The number of aromatic nitrogens is 1. The van der Waals surface area contributed by atoms with Crippen LogP contribution in [0.4, 0.5) is 10.1 Å². The van der Waals surface area contributed by atoms with E-state index in [2.05, 4.69) is 5.32 Å². The fraction of sp³-hybridized carbons (Fsp3) is 0. The fourth-order valence-corrected chi connectivity index (χ4v) is 2.97. The molecule has 1 aliphatic rings. The molecule has 1 aromatic heterocycles. The quantitative estimate of drug-likeness (QED) is 0.446. The summed E-state index contributed by atoms with van der Waals surface area (Å²) in [6.45, 7) is 0. The molecule has 0 aliphatic heterocycles. The van der Waals surface area contributed by atoms with Gasteiger partial charge >= 0.3 is 0 Å². The van der Waals surface area contributed by atoms with Gasteiger partial charge in [0.2, 0.25) is 5.78 Å². The molecule has 6 heteroatoms. The zero-order valence-electron chi connectivity index (χ0n) is 14.0. The maximum absolute atomic E-state index is 14.1. The van der Waals surface area contributed by atoms with Crippen LogP contribution in [0.15, 0.2) is 84.8 Å². The van der Waals surface area contributed by atoms with E-state index in [1.807, 2.05) is 6.07 Å². The normalized spacial score (nSPS) is 13.1. The molecule has 4 rings (SSSR count). The zero-order chi connectivity index (χ0) is 18.1. The van der Waals surface area contributed by atoms with Gasteiger partial charge in [0.05, 0.1) is 5.69 Å². The summed E-state index contributed by atoms with van der Waals surface area (Å²) in [7, 11) is 0. The van der Waals surface area contributed by atoms with Crippen LogP contribution in [0.1, 0.15) is 20.7 Å². The molecular weight excluding hydrogens is 458 g/mol. The van der Waals surface area contributed by atoms with E-state index < -0.39 is 5.82 Å². The molecule has 1 heterocycles. The Balaban J connectivity index is 0.00000210. The molecule has 134 valence electrons. The van der Waals surface area contributed by atoms with Gasteiger partial charge in [-0.3, -0.25) is 9.59 Å². The van der Waals surface area contributed by atoms with Crippen LogP contribution in [-0.2, 0) is 0 Å². The first-order valence-corrected chi connectivity index (χ1v) is 8.08. The van der Waals surface area contributed by atoms with Crippen LogP contribution in [0.5, 0.6) is 0 Å². The Morgan fingerprint density at radius 3 is 2.00 bits per heavy atom. The largest absolute Gasteiger partial charge is 1.00 e. The molecule has 0 amide bonds. The first-order chi connectivity index (χ1) is 12.7. The summed E-state index contributed by atoms with van der Waals surface area (Å²) >= 11 is 0. The summed E-state index contributed by atoms with van der Waals surface area (Å²) in [6, 6.07) is 18.0. The molecule has 3 aromatic rings. The minimum absolute atomic E-state index is 0. The number of carbonyl (C=O) groups is 2. The number of hydrogen-bond acceptors (Lipinski definition) is 3. The van der Waals surface area contributed by atoms with Gasteiger partial charge in [0, 0.05) is 23.3 Å². The van der Waals surface area contributed by atoms with Gasteiger partial charge in [-0.1, -0.05) is 42.5 Å². The molecule has 0 spiro atoms. The molecule has 0 atom stereocenters. The summed E-state index contributed by atoms with van der Waals surface area (Å²) in [5, 5.41) is 2.83. The SMILES string of the molecule is O=C1C(Nc2ccccc2F)=C([n+]2ccccc2)C(=O)c2ccccc21.[I-]. The Morgan fingerprint density at radius 1 is 0.741 bits per heavy atom. The van der Waals surface area contributed by atoms with E-state index in [9.17, 15) is 14.0 Å². The fourth-order valence-electron chi connectivity index (χ4n) is 2.97. The van der Waals surface area contributed by atoms with Crippen molar-refractivity contribution in [3.8, 4) is 0 Å². The number of fused-ring (bicyclic) bond motifs is 1. The maximum Gasteiger partial charge on any atom is 0.286 e. The summed E-state index contributed by atoms with van der Waals surface area (Å²) < 4.78 is 15.7. The van der Waals surface area contributed by atoms with Crippen LogP contribution < -0.4 is 33.9 Å². The molecule has 0 saturated carbocycles. The lowest BCUT2D eigenvalue weighted by molar-refractivity contribution is -0.577. The van der Waals surface area contributed by atoms with E-state index in [0.717, 1.165) is 0 Å². The molecule has 0 fully saturated rings. The van der Waals surface area contributed by atoms with Crippen LogP contribution in [0.25, 0.3) is 5.70 Å². The highest BCUT2D eigenvalue weighted by molar-refractivity contribution is 6.36. The number of pyridine rings is 1. The number of nitrogens with zero attached hydrogens (tertiary/aromatic N) is 1.